The molecule has 1 saturated heterocycles. The van der Waals surface area contributed by atoms with Crippen LogP contribution in [0.25, 0.3) is 6.08 Å². The molecule has 36 heavy (non-hydrogen) atoms. The standard InChI is InChI=1S/C28H34Cl2N4O2/c1-4-24(29)28(25(30)5-2)19(3)36-22-7-9-27(32)23(17-22)26(31)8-6-21-16-20(10-11-33-21)18-34-12-14-35-15-13-34/h4,6-11,16-17,19,31H,5,12-15,18,32H2,1-3H3/b8-6+,24-4+,28-25+,31-26?. The summed E-state index contributed by atoms with van der Waals surface area (Å²) in [4.78, 5) is 6.79. The van der Waals surface area contributed by atoms with E-state index in [4.69, 9.17) is 43.8 Å². The summed E-state index contributed by atoms with van der Waals surface area (Å²) >= 11 is 12.8. The van der Waals surface area contributed by atoms with Gasteiger partial charge in [0.2, 0.25) is 0 Å². The van der Waals surface area contributed by atoms with E-state index in [9.17, 15) is 0 Å². The van der Waals surface area contributed by atoms with Crippen LogP contribution >= 0.6 is 23.2 Å². The van der Waals surface area contributed by atoms with E-state index in [-0.39, 0.29) is 11.8 Å². The number of halogens is 2. The molecule has 0 aliphatic carbocycles. The fraction of sp³-hybridized carbons (Fsp3) is 0.357. The second-order valence-corrected chi connectivity index (χ2v) is 9.41. The molecule has 8 heteroatoms. The van der Waals surface area contributed by atoms with Crippen LogP contribution in [0.3, 0.4) is 0 Å². The third-order valence-corrected chi connectivity index (χ3v) is 6.82. The van der Waals surface area contributed by atoms with Crippen molar-refractivity contribution in [2.45, 2.75) is 39.8 Å². The number of rotatable bonds is 10. The van der Waals surface area contributed by atoms with E-state index in [2.05, 4.69) is 9.88 Å². The number of allylic oxidation sites excluding steroid dienone is 3. The highest BCUT2D eigenvalue weighted by Crippen LogP contribution is 2.30. The smallest absolute Gasteiger partial charge is 0.123 e. The summed E-state index contributed by atoms with van der Waals surface area (Å²) in [5.41, 5.74) is 10.2. The predicted molar refractivity (Wildman–Crippen MR) is 150 cm³/mol. The van der Waals surface area contributed by atoms with Gasteiger partial charge in [0.25, 0.3) is 0 Å². The molecular formula is C28H34Cl2N4O2. The number of ether oxygens (including phenoxy) is 2. The van der Waals surface area contributed by atoms with Crippen LogP contribution in [0.5, 0.6) is 5.75 Å². The highest BCUT2D eigenvalue weighted by molar-refractivity contribution is 6.35. The SMILES string of the molecule is C/C=C(Cl)\C(=C(\Cl)CC)C(C)Oc1ccc(N)c(C(=N)/C=C/c2cc(CN3CCOCC3)ccn2)c1. The van der Waals surface area contributed by atoms with Crippen LogP contribution in [0, 0.1) is 5.41 Å². The summed E-state index contributed by atoms with van der Waals surface area (Å²) in [6.45, 7) is 9.97. The molecule has 192 valence electrons. The first-order valence-electron chi connectivity index (χ1n) is 12.1. The van der Waals surface area contributed by atoms with Gasteiger partial charge in [0.15, 0.2) is 0 Å². The summed E-state index contributed by atoms with van der Waals surface area (Å²) < 4.78 is 11.6. The number of nitrogens with one attached hydrogen (secondary N) is 1. The summed E-state index contributed by atoms with van der Waals surface area (Å²) in [7, 11) is 0. The fourth-order valence-corrected chi connectivity index (χ4v) is 4.53. The molecular weight excluding hydrogens is 495 g/mol. The van der Waals surface area contributed by atoms with E-state index in [1.807, 2.05) is 39.0 Å². The molecule has 6 nitrogen and oxygen atoms in total. The molecule has 3 N–H and O–H groups in total. The first-order valence-corrected chi connectivity index (χ1v) is 12.9. The summed E-state index contributed by atoms with van der Waals surface area (Å²) in [6, 6.07) is 9.35. The van der Waals surface area contributed by atoms with Gasteiger partial charge in [-0.15, -0.1) is 0 Å². The lowest BCUT2D eigenvalue weighted by atomic mass is 10.1. The first-order chi connectivity index (χ1) is 17.3. The maximum absolute atomic E-state index is 8.61. The molecule has 1 unspecified atom stereocenters. The van der Waals surface area contributed by atoms with E-state index in [0.29, 0.717) is 33.5 Å². The van der Waals surface area contributed by atoms with Gasteiger partial charge in [0.05, 0.1) is 24.6 Å². The van der Waals surface area contributed by atoms with Gasteiger partial charge < -0.3 is 20.6 Å². The van der Waals surface area contributed by atoms with Gasteiger partial charge in [-0.1, -0.05) is 36.2 Å². The Labute approximate surface area is 223 Å². The molecule has 0 radical (unpaired) electrons. The number of aromatic nitrogens is 1. The van der Waals surface area contributed by atoms with Crippen molar-refractivity contribution in [1.29, 1.82) is 5.41 Å². The lowest BCUT2D eigenvalue weighted by Gasteiger charge is -2.26. The number of nitrogens with zero attached hydrogens (tertiary/aromatic N) is 2. The maximum atomic E-state index is 8.61. The van der Waals surface area contributed by atoms with E-state index in [1.165, 1.54) is 5.56 Å². The number of anilines is 1. The lowest BCUT2D eigenvalue weighted by molar-refractivity contribution is 0.0342. The molecule has 2 heterocycles. The molecule has 0 bridgehead atoms. The highest BCUT2D eigenvalue weighted by atomic mass is 35.5. The van der Waals surface area contributed by atoms with Gasteiger partial charge in [-0.25, -0.2) is 0 Å². The van der Waals surface area contributed by atoms with E-state index >= 15 is 0 Å². The molecule has 2 aromatic rings. The Kier molecular flexibility index (Phi) is 10.6. The fourth-order valence-electron chi connectivity index (χ4n) is 3.96. The Balaban J connectivity index is 1.73. The number of pyridine rings is 1. The third kappa shape index (κ3) is 7.68. The van der Waals surface area contributed by atoms with Crippen molar-refractivity contribution in [2.24, 2.45) is 0 Å². The van der Waals surface area contributed by atoms with Gasteiger partial charge in [0, 0.05) is 52.7 Å². The number of morpholine rings is 1. The van der Waals surface area contributed by atoms with Crippen LogP contribution in [0.1, 0.15) is 44.0 Å². The highest BCUT2D eigenvalue weighted by Gasteiger charge is 2.18. The van der Waals surface area contributed by atoms with Crippen molar-refractivity contribution in [3.8, 4) is 5.75 Å². The first kappa shape index (κ1) is 27.9. The van der Waals surface area contributed by atoms with Gasteiger partial charge in [-0.05, 0) is 68.3 Å². The van der Waals surface area contributed by atoms with Crippen LogP contribution in [0.15, 0.2) is 64.3 Å². The van der Waals surface area contributed by atoms with E-state index < -0.39 is 0 Å². The van der Waals surface area contributed by atoms with Crippen molar-refractivity contribution >= 4 is 40.7 Å². The zero-order valence-electron chi connectivity index (χ0n) is 21.1. The molecule has 1 aromatic heterocycles. The monoisotopic (exact) mass is 528 g/mol. The molecule has 0 amide bonds. The summed E-state index contributed by atoms with van der Waals surface area (Å²) in [5.74, 6) is 0.578. The average Bonchev–Trinajstić information content (AvgIpc) is 2.89. The Hall–Kier alpha value is -2.64. The molecule has 1 aliphatic heterocycles. The normalized spacial score (nSPS) is 16.6. The number of nitrogen functional groups attached to an aromatic ring is 1. The van der Waals surface area contributed by atoms with Crippen molar-refractivity contribution in [1.82, 2.24) is 9.88 Å². The predicted octanol–water partition coefficient (Wildman–Crippen LogP) is 6.39. The van der Waals surface area contributed by atoms with Gasteiger partial charge >= 0.3 is 0 Å². The molecule has 0 saturated carbocycles. The number of benzene rings is 1. The zero-order chi connectivity index (χ0) is 26.1. The van der Waals surface area contributed by atoms with Crippen molar-refractivity contribution in [2.75, 3.05) is 32.0 Å². The van der Waals surface area contributed by atoms with Crippen LogP contribution in [0.2, 0.25) is 0 Å². The Morgan fingerprint density at radius 2 is 2.00 bits per heavy atom. The molecule has 1 fully saturated rings. The van der Waals surface area contributed by atoms with Crippen LogP contribution in [0.4, 0.5) is 5.69 Å². The number of nitrogens with two attached hydrogens (primary N) is 1. The molecule has 1 atom stereocenters. The van der Waals surface area contributed by atoms with E-state index in [1.54, 1.807) is 36.5 Å². The topological polar surface area (TPSA) is 84.5 Å². The number of hydrogen-bond acceptors (Lipinski definition) is 6. The van der Waals surface area contributed by atoms with Crippen molar-refractivity contribution < 1.29 is 9.47 Å². The third-order valence-electron chi connectivity index (χ3n) is 5.92. The maximum Gasteiger partial charge on any atom is 0.123 e. The zero-order valence-corrected chi connectivity index (χ0v) is 22.6. The largest absolute Gasteiger partial charge is 0.486 e. The lowest BCUT2D eigenvalue weighted by Crippen LogP contribution is -2.35. The van der Waals surface area contributed by atoms with Gasteiger partial charge in [-0.2, -0.15) is 0 Å². The minimum absolute atomic E-state index is 0.264. The van der Waals surface area contributed by atoms with Crippen LogP contribution in [-0.4, -0.2) is 48.0 Å². The average molecular weight is 530 g/mol. The second-order valence-electron chi connectivity index (χ2n) is 8.54. The molecule has 0 spiro atoms. The second kappa shape index (κ2) is 13.6. The van der Waals surface area contributed by atoms with Gasteiger partial charge in [-0.3, -0.25) is 9.88 Å². The van der Waals surface area contributed by atoms with Crippen LogP contribution < -0.4 is 10.5 Å². The van der Waals surface area contributed by atoms with Gasteiger partial charge in [0.1, 0.15) is 11.9 Å². The van der Waals surface area contributed by atoms with Crippen molar-refractivity contribution in [3.05, 3.63) is 81.1 Å². The molecule has 1 aliphatic rings. The Morgan fingerprint density at radius 3 is 2.69 bits per heavy atom. The molecule has 3 rings (SSSR count). The number of hydrogen-bond donors (Lipinski definition) is 2. The Morgan fingerprint density at radius 1 is 1.25 bits per heavy atom. The molecule has 1 aromatic carbocycles. The minimum atomic E-state index is -0.374. The van der Waals surface area contributed by atoms with E-state index in [0.717, 1.165) is 44.1 Å². The quantitative estimate of drug-likeness (QED) is 0.212. The minimum Gasteiger partial charge on any atom is -0.486 e. The van der Waals surface area contributed by atoms with Crippen molar-refractivity contribution in [3.63, 3.8) is 0 Å². The summed E-state index contributed by atoms with van der Waals surface area (Å²) in [6.07, 6.45) is 7.41. The Bertz CT molecular complexity index is 1150. The van der Waals surface area contributed by atoms with Crippen LogP contribution in [-0.2, 0) is 11.3 Å². The summed E-state index contributed by atoms with van der Waals surface area (Å²) in [5, 5.41) is 9.82.